The van der Waals surface area contributed by atoms with Crippen molar-refractivity contribution in [3.8, 4) is 0 Å². The van der Waals surface area contributed by atoms with E-state index in [1.165, 1.54) is 10.5 Å². The number of hydrogen-bond acceptors (Lipinski definition) is 3. The van der Waals surface area contributed by atoms with Crippen LogP contribution in [0.5, 0.6) is 0 Å². The summed E-state index contributed by atoms with van der Waals surface area (Å²) in [5.41, 5.74) is 3.49. The smallest absolute Gasteiger partial charge is 0.278 e. The first-order valence-electron chi connectivity index (χ1n) is 10.4. The molecule has 0 N–H and O–H groups in total. The Morgan fingerprint density at radius 1 is 0.967 bits per heavy atom. The van der Waals surface area contributed by atoms with Gasteiger partial charge in [-0.15, -0.1) is 0 Å². The van der Waals surface area contributed by atoms with Gasteiger partial charge in [-0.1, -0.05) is 73.7 Å². The lowest BCUT2D eigenvalue weighted by atomic mass is 10.0. The maximum atomic E-state index is 13.5. The average molecular weight is 443 g/mol. The van der Waals surface area contributed by atoms with Gasteiger partial charge in [-0.3, -0.25) is 14.5 Å². The molecule has 0 radical (unpaired) electrons. The highest BCUT2D eigenvalue weighted by Gasteiger charge is 2.43. The van der Waals surface area contributed by atoms with Crippen LogP contribution >= 0.6 is 23.2 Å². The predicted molar refractivity (Wildman–Crippen MR) is 122 cm³/mol. The Labute approximate surface area is 187 Å². The van der Waals surface area contributed by atoms with Crippen LogP contribution in [0.1, 0.15) is 43.7 Å². The molecule has 2 heterocycles. The molecule has 30 heavy (non-hydrogen) atoms. The summed E-state index contributed by atoms with van der Waals surface area (Å²) in [6, 6.07) is 13.1. The van der Waals surface area contributed by atoms with Gasteiger partial charge in [0.15, 0.2) is 0 Å². The molecule has 0 saturated carbocycles. The normalized spacial score (nSPS) is 16.1. The molecule has 2 aliphatic heterocycles. The Bertz CT molecular complexity index is 1030. The Morgan fingerprint density at radius 3 is 2.53 bits per heavy atom. The summed E-state index contributed by atoms with van der Waals surface area (Å²) in [7, 11) is 0. The van der Waals surface area contributed by atoms with E-state index in [9.17, 15) is 9.59 Å². The lowest BCUT2D eigenvalue weighted by molar-refractivity contribution is -0.136. The number of unbranched alkanes of at least 4 members (excludes halogenated alkanes) is 3. The van der Waals surface area contributed by atoms with Gasteiger partial charge in [0.2, 0.25) is 0 Å². The SMILES string of the molecule is CCCCCCN1C(=O)C(c2ccc(Cl)cc2Cl)=C(N2CCc3ccccc32)C1=O. The molecule has 0 unspecified atom stereocenters. The molecule has 2 aromatic carbocycles. The summed E-state index contributed by atoms with van der Waals surface area (Å²) in [6.45, 7) is 3.22. The van der Waals surface area contributed by atoms with Crippen LogP contribution < -0.4 is 4.90 Å². The van der Waals surface area contributed by atoms with Crippen LogP contribution in [0.2, 0.25) is 10.0 Å². The van der Waals surface area contributed by atoms with Crippen LogP contribution in [0.3, 0.4) is 0 Å². The fourth-order valence-corrected chi connectivity index (χ4v) is 4.72. The molecule has 0 spiro atoms. The second-order valence-corrected chi connectivity index (χ2v) is 8.54. The number of amides is 2. The second kappa shape index (κ2) is 8.83. The maximum Gasteiger partial charge on any atom is 0.278 e. The third-order valence-corrected chi connectivity index (χ3v) is 6.28. The molecule has 0 saturated heterocycles. The minimum Gasteiger partial charge on any atom is -0.336 e. The highest BCUT2D eigenvalue weighted by Crippen LogP contribution is 2.40. The minimum atomic E-state index is -0.278. The van der Waals surface area contributed by atoms with E-state index in [-0.39, 0.29) is 11.8 Å². The van der Waals surface area contributed by atoms with Crippen molar-refractivity contribution in [1.82, 2.24) is 4.90 Å². The zero-order valence-electron chi connectivity index (χ0n) is 17.0. The number of rotatable bonds is 7. The molecule has 0 aromatic heterocycles. The van der Waals surface area contributed by atoms with Crippen molar-refractivity contribution in [2.24, 2.45) is 0 Å². The van der Waals surface area contributed by atoms with E-state index >= 15 is 0 Å². The Kier molecular flexibility index (Phi) is 6.16. The number of carbonyl (C=O) groups is 2. The number of carbonyl (C=O) groups excluding carboxylic acids is 2. The molecule has 6 heteroatoms. The van der Waals surface area contributed by atoms with Crippen molar-refractivity contribution < 1.29 is 9.59 Å². The minimum absolute atomic E-state index is 0.241. The van der Waals surface area contributed by atoms with Crippen LogP contribution in [0.15, 0.2) is 48.2 Å². The van der Waals surface area contributed by atoms with Crippen LogP contribution in [0.25, 0.3) is 5.57 Å². The Balaban J connectivity index is 1.77. The number of hydrogen-bond donors (Lipinski definition) is 0. The predicted octanol–water partition coefficient (Wildman–Crippen LogP) is 5.72. The third-order valence-electron chi connectivity index (χ3n) is 5.74. The number of anilines is 1. The van der Waals surface area contributed by atoms with E-state index in [1.54, 1.807) is 18.2 Å². The zero-order chi connectivity index (χ0) is 21.3. The second-order valence-electron chi connectivity index (χ2n) is 7.70. The van der Waals surface area contributed by atoms with Crippen LogP contribution in [0, 0.1) is 0 Å². The van der Waals surface area contributed by atoms with Crippen LogP contribution in [0.4, 0.5) is 5.69 Å². The number of imide groups is 1. The molecule has 4 rings (SSSR count). The van der Waals surface area contributed by atoms with Crippen molar-refractivity contribution in [3.05, 3.63) is 69.3 Å². The monoisotopic (exact) mass is 442 g/mol. The van der Waals surface area contributed by atoms with Gasteiger partial charge in [0.05, 0.1) is 10.6 Å². The molecule has 2 aromatic rings. The molecule has 0 aliphatic carbocycles. The fraction of sp³-hybridized carbons (Fsp3) is 0.333. The summed E-state index contributed by atoms with van der Waals surface area (Å²) in [5, 5.41) is 0.863. The van der Waals surface area contributed by atoms with Gasteiger partial charge in [-0.2, -0.15) is 0 Å². The van der Waals surface area contributed by atoms with Crippen LogP contribution in [-0.2, 0) is 16.0 Å². The number of fused-ring (bicyclic) bond motifs is 1. The summed E-state index contributed by atoms with van der Waals surface area (Å²) in [5.74, 6) is -0.519. The first-order chi connectivity index (χ1) is 14.5. The molecule has 2 amide bonds. The Hall–Kier alpha value is -2.30. The van der Waals surface area contributed by atoms with E-state index in [0.29, 0.717) is 40.0 Å². The van der Waals surface area contributed by atoms with E-state index in [2.05, 4.69) is 13.0 Å². The molecule has 0 fully saturated rings. The zero-order valence-corrected chi connectivity index (χ0v) is 18.5. The van der Waals surface area contributed by atoms with Gasteiger partial charge in [0.25, 0.3) is 11.8 Å². The first-order valence-corrected chi connectivity index (χ1v) is 11.2. The van der Waals surface area contributed by atoms with Crippen molar-refractivity contribution in [2.45, 2.75) is 39.0 Å². The van der Waals surface area contributed by atoms with Crippen molar-refractivity contribution in [3.63, 3.8) is 0 Å². The molecule has 4 nitrogen and oxygen atoms in total. The van der Waals surface area contributed by atoms with Crippen molar-refractivity contribution >= 4 is 46.3 Å². The van der Waals surface area contributed by atoms with Crippen molar-refractivity contribution in [1.29, 1.82) is 0 Å². The standard InChI is InChI=1S/C24H24Cl2N2O2/c1-2-3-4-7-13-28-23(29)21(18-11-10-17(25)15-19(18)26)22(24(28)30)27-14-12-16-8-5-6-9-20(16)27/h5-6,8-11,15H,2-4,7,12-14H2,1H3. The van der Waals surface area contributed by atoms with Gasteiger partial charge in [-0.25, -0.2) is 0 Å². The summed E-state index contributed by atoms with van der Waals surface area (Å²) in [4.78, 5) is 30.3. The molecule has 2 aliphatic rings. The quantitative estimate of drug-likeness (QED) is 0.406. The highest BCUT2D eigenvalue weighted by molar-refractivity contribution is 6.41. The van der Waals surface area contributed by atoms with Crippen molar-refractivity contribution in [2.75, 3.05) is 18.0 Å². The Morgan fingerprint density at radius 2 is 1.77 bits per heavy atom. The van der Waals surface area contributed by atoms with Gasteiger partial charge in [-0.05, 0) is 36.6 Å². The number of para-hydroxylation sites is 1. The van der Waals surface area contributed by atoms with E-state index < -0.39 is 0 Å². The molecule has 156 valence electrons. The third kappa shape index (κ3) is 3.75. The van der Waals surface area contributed by atoms with Crippen LogP contribution in [-0.4, -0.2) is 29.8 Å². The van der Waals surface area contributed by atoms with Gasteiger partial charge >= 0.3 is 0 Å². The number of halogens is 2. The number of nitrogens with zero attached hydrogens (tertiary/aromatic N) is 2. The van der Waals surface area contributed by atoms with E-state index in [4.69, 9.17) is 23.2 Å². The highest BCUT2D eigenvalue weighted by atomic mass is 35.5. The van der Waals surface area contributed by atoms with E-state index in [1.807, 2.05) is 23.1 Å². The van der Waals surface area contributed by atoms with Gasteiger partial charge in [0.1, 0.15) is 5.70 Å². The first kappa shape index (κ1) is 21.0. The summed E-state index contributed by atoms with van der Waals surface area (Å²) < 4.78 is 0. The molecule has 0 atom stereocenters. The maximum absolute atomic E-state index is 13.5. The topological polar surface area (TPSA) is 40.6 Å². The molecular formula is C24H24Cl2N2O2. The molecule has 0 bridgehead atoms. The largest absolute Gasteiger partial charge is 0.336 e. The van der Waals surface area contributed by atoms with Gasteiger partial charge in [0, 0.05) is 29.4 Å². The van der Waals surface area contributed by atoms with Gasteiger partial charge < -0.3 is 4.90 Å². The van der Waals surface area contributed by atoms with E-state index in [0.717, 1.165) is 37.8 Å². The molecular weight excluding hydrogens is 419 g/mol. The lowest BCUT2D eigenvalue weighted by Crippen LogP contribution is -2.35. The summed E-state index contributed by atoms with van der Waals surface area (Å²) in [6.07, 6.45) is 4.82. The number of benzene rings is 2. The lowest BCUT2D eigenvalue weighted by Gasteiger charge is -2.22. The summed E-state index contributed by atoms with van der Waals surface area (Å²) >= 11 is 12.5. The fourth-order valence-electron chi connectivity index (χ4n) is 4.22. The average Bonchev–Trinajstić information content (AvgIpc) is 3.25.